The van der Waals surface area contributed by atoms with Crippen molar-refractivity contribution in [2.75, 3.05) is 0 Å². The molecule has 0 fully saturated rings. The standard InChI is InChI=1S/C22H24N/c1-15-12-22(23(5)14-18(15)4)21-13-20(16(2)11-17(21)3)19-9-7-6-8-10-19/h6-14H,1-5H3/q+1/i1D3,2D3,4D3,14D. The Labute approximate surface area is 153 Å². The molecule has 23 heavy (non-hydrogen) atoms. The molecule has 2 aromatic carbocycles. The Kier molecular flexibility index (Phi) is 1.94. The van der Waals surface area contributed by atoms with Crippen LogP contribution in [0.5, 0.6) is 0 Å². The van der Waals surface area contributed by atoms with Crippen LogP contribution in [-0.4, -0.2) is 0 Å². The van der Waals surface area contributed by atoms with Gasteiger partial charge >= 0.3 is 0 Å². The van der Waals surface area contributed by atoms with Crippen molar-refractivity contribution >= 4 is 0 Å². The summed E-state index contributed by atoms with van der Waals surface area (Å²) in [5, 5.41) is 0. The SMILES string of the molecule is [2H]c1c(C([2H])([2H])[2H])c(C([2H])([2H])[2H])cc(-c2cc(-c3ccccc3)c(C([2H])([2H])[2H])cc2C)[n+]1C. The lowest BCUT2D eigenvalue weighted by atomic mass is 9.93. The number of benzene rings is 2. The summed E-state index contributed by atoms with van der Waals surface area (Å²) in [6.07, 6.45) is -0.431. The largest absolute Gasteiger partial charge is 0.212 e. The quantitative estimate of drug-likeness (QED) is 0.581. The van der Waals surface area contributed by atoms with E-state index in [-0.39, 0.29) is 5.56 Å². The zero-order valence-corrected chi connectivity index (χ0v) is 13.1. The van der Waals surface area contributed by atoms with Crippen molar-refractivity contribution < 1.29 is 18.3 Å². The molecule has 3 rings (SSSR count). The van der Waals surface area contributed by atoms with Gasteiger partial charge in [0.15, 0.2) is 6.17 Å². The highest BCUT2D eigenvalue weighted by atomic mass is 14.9. The van der Waals surface area contributed by atoms with Crippen LogP contribution in [0, 0.1) is 27.5 Å². The maximum absolute atomic E-state index is 8.45. The van der Waals surface area contributed by atoms with E-state index in [4.69, 9.17) is 13.7 Å². The number of hydrogen-bond acceptors (Lipinski definition) is 0. The van der Waals surface area contributed by atoms with Crippen LogP contribution in [0.2, 0.25) is 0 Å². The summed E-state index contributed by atoms with van der Waals surface area (Å²) in [6, 6.07) is 13.4. The van der Waals surface area contributed by atoms with Gasteiger partial charge < -0.3 is 0 Å². The van der Waals surface area contributed by atoms with Crippen LogP contribution >= 0.6 is 0 Å². The van der Waals surface area contributed by atoms with Gasteiger partial charge in [-0.2, -0.15) is 0 Å². The van der Waals surface area contributed by atoms with E-state index in [2.05, 4.69) is 0 Å². The van der Waals surface area contributed by atoms with Crippen LogP contribution in [0.3, 0.4) is 0 Å². The fourth-order valence-corrected chi connectivity index (χ4v) is 2.69. The Bertz CT molecular complexity index is 1190. The molecule has 116 valence electrons. The Morgan fingerprint density at radius 2 is 1.57 bits per heavy atom. The Hall–Kier alpha value is -2.41. The summed E-state index contributed by atoms with van der Waals surface area (Å²) in [7, 11) is 1.50. The maximum Gasteiger partial charge on any atom is 0.212 e. The predicted molar refractivity (Wildman–Crippen MR) is 97.4 cm³/mol. The van der Waals surface area contributed by atoms with Crippen molar-refractivity contribution in [3.05, 3.63) is 77.0 Å². The lowest BCUT2D eigenvalue weighted by molar-refractivity contribution is -0.660. The van der Waals surface area contributed by atoms with Crippen molar-refractivity contribution in [1.82, 2.24) is 0 Å². The number of hydrogen-bond donors (Lipinski definition) is 0. The summed E-state index contributed by atoms with van der Waals surface area (Å²) in [5.74, 6) is 0. The fraction of sp³-hybridized carbons (Fsp3) is 0.227. The minimum absolute atomic E-state index is 0.152. The molecule has 3 aromatic rings. The lowest BCUT2D eigenvalue weighted by Crippen LogP contribution is -2.31. The van der Waals surface area contributed by atoms with Crippen LogP contribution in [0.25, 0.3) is 22.4 Å². The molecule has 0 aliphatic carbocycles. The van der Waals surface area contributed by atoms with Crippen LogP contribution < -0.4 is 4.57 Å². The predicted octanol–water partition coefficient (Wildman–Crippen LogP) is 5.08. The van der Waals surface area contributed by atoms with E-state index in [0.717, 1.165) is 0 Å². The van der Waals surface area contributed by atoms with Gasteiger partial charge in [0.05, 0.1) is 0 Å². The zero-order valence-electron chi connectivity index (χ0n) is 23.1. The van der Waals surface area contributed by atoms with Gasteiger partial charge in [0.1, 0.15) is 8.42 Å². The molecule has 0 saturated heterocycles. The summed E-state index contributed by atoms with van der Waals surface area (Å²) in [4.78, 5) is 0. The highest BCUT2D eigenvalue weighted by Gasteiger charge is 2.16. The minimum atomic E-state index is -2.79. The number of aryl methyl sites for hydroxylation is 3. The first kappa shape index (κ1) is 7.44. The Morgan fingerprint density at radius 3 is 2.26 bits per heavy atom. The normalized spacial score (nSPS) is 18.9. The van der Waals surface area contributed by atoms with Gasteiger partial charge in [-0.05, 0) is 61.4 Å². The van der Waals surface area contributed by atoms with Gasteiger partial charge in [-0.1, -0.05) is 36.4 Å². The third-order valence-corrected chi connectivity index (χ3v) is 3.92. The Morgan fingerprint density at radius 1 is 0.826 bits per heavy atom. The maximum atomic E-state index is 8.45. The number of pyridine rings is 1. The van der Waals surface area contributed by atoms with E-state index in [1.807, 2.05) is 6.07 Å². The van der Waals surface area contributed by atoms with Gasteiger partial charge in [-0.15, -0.1) is 0 Å². The number of aromatic nitrogens is 1. The van der Waals surface area contributed by atoms with E-state index in [1.165, 1.54) is 17.7 Å². The minimum Gasteiger partial charge on any atom is -0.201 e. The van der Waals surface area contributed by atoms with Gasteiger partial charge in [0.2, 0.25) is 5.69 Å². The molecule has 0 spiro atoms. The molecule has 0 atom stereocenters. The highest BCUT2D eigenvalue weighted by molar-refractivity contribution is 5.75. The first-order valence-corrected chi connectivity index (χ1v) is 7.29. The molecule has 1 aromatic heterocycles. The van der Waals surface area contributed by atoms with E-state index >= 15 is 0 Å². The molecule has 0 radical (unpaired) electrons. The van der Waals surface area contributed by atoms with Gasteiger partial charge in [0, 0.05) is 29.5 Å². The molecule has 1 heteroatoms. The van der Waals surface area contributed by atoms with Gasteiger partial charge in [-0.25, -0.2) is 4.57 Å². The van der Waals surface area contributed by atoms with E-state index < -0.39 is 37.9 Å². The van der Waals surface area contributed by atoms with Crippen molar-refractivity contribution in [3.63, 3.8) is 0 Å². The molecule has 0 N–H and O–H groups in total. The molecule has 0 amide bonds. The molecule has 1 heterocycles. The second-order valence-electron chi connectivity index (χ2n) is 5.57. The molecule has 0 aliphatic rings. The van der Waals surface area contributed by atoms with E-state index in [9.17, 15) is 0 Å². The first-order chi connectivity index (χ1) is 15.0. The van der Waals surface area contributed by atoms with Gasteiger partial charge in [-0.3, -0.25) is 0 Å². The molecule has 0 aliphatic heterocycles. The van der Waals surface area contributed by atoms with Gasteiger partial charge in [0.25, 0.3) is 0 Å². The smallest absolute Gasteiger partial charge is 0.201 e. The van der Waals surface area contributed by atoms with Crippen molar-refractivity contribution in [2.45, 2.75) is 27.5 Å². The van der Waals surface area contributed by atoms with Crippen molar-refractivity contribution in [3.8, 4) is 22.4 Å². The van der Waals surface area contributed by atoms with E-state index in [0.29, 0.717) is 27.9 Å². The summed E-state index contributed by atoms with van der Waals surface area (Å²) in [6.45, 7) is -6.22. The van der Waals surface area contributed by atoms with Crippen molar-refractivity contribution in [2.24, 2.45) is 7.05 Å². The lowest BCUT2D eigenvalue weighted by Gasteiger charge is -2.12. The molecule has 0 unspecified atom stereocenters. The first-order valence-electron chi connectivity index (χ1n) is 12.3. The third-order valence-electron chi connectivity index (χ3n) is 3.92. The van der Waals surface area contributed by atoms with Crippen LogP contribution in [0.4, 0.5) is 0 Å². The molecular weight excluding hydrogens is 278 g/mol. The second-order valence-corrected chi connectivity index (χ2v) is 5.57. The van der Waals surface area contributed by atoms with Crippen LogP contribution in [-0.2, 0) is 7.05 Å². The average molecular weight is 313 g/mol. The molecule has 0 saturated carbocycles. The van der Waals surface area contributed by atoms with Crippen LogP contribution in [0.1, 0.15) is 36.0 Å². The molecule has 1 nitrogen and oxygen atoms in total. The second kappa shape index (κ2) is 6.00. The molecular formula is C22H24N+. The summed E-state index contributed by atoms with van der Waals surface area (Å²) < 4.78 is 80.7. The number of rotatable bonds is 2. The third kappa shape index (κ3) is 2.92. The number of nitrogens with zero attached hydrogens (tertiary/aromatic N) is 1. The Balaban J connectivity index is 2.42. The summed E-state index contributed by atoms with van der Waals surface area (Å²) in [5.41, 5.74) is 1.74. The highest BCUT2D eigenvalue weighted by Crippen LogP contribution is 2.31. The van der Waals surface area contributed by atoms with Crippen LogP contribution in [0.15, 0.2) is 54.7 Å². The molecule has 0 bridgehead atoms. The topological polar surface area (TPSA) is 3.88 Å². The fourth-order valence-electron chi connectivity index (χ4n) is 2.69. The monoisotopic (exact) mass is 312 g/mol. The van der Waals surface area contributed by atoms with Crippen molar-refractivity contribution in [1.29, 1.82) is 0 Å². The average Bonchev–Trinajstić information content (AvgIpc) is 2.68. The summed E-state index contributed by atoms with van der Waals surface area (Å²) >= 11 is 0. The van der Waals surface area contributed by atoms with E-state index in [1.54, 1.807) is 43.3 Å². The zero-order chi connectivity index (χ0) is 24.9.